The topological polar surface area (TPSA) is 58.6 Å². The molecule has 0 bridgehead atoms. The highest BCUT2D eigenvalue weighted by molar-refractivity contribution is 7.91. The number of nitrogens with one attached hydrogen (secondary N) is 1. The van der Waals surface area contributed by atoms with E-state index in [9.17, 15) is 8.42 Å². The average Bonchev–Trinajstić information content (AvgIpc) is 2.59. The quantitative estimate of drug-likeness (QED) is 0.612. The maximum atomic E-state index is 11.2. The van der Waals surface area contributed by atoms with Gasteiger partial charge in [0, 0.05) is 32.3 Å². The zero-order chi connectivity index (χ0) is 12.7. The van der Waals surface area contributed by atoms with E-state index in [0.29, 0.717) is 11.5 Å². The van der Waals surface area contributed by atoms with E-state index in [-0.39, 0.29) is 6.04 Å². The highest BCUT2D eigenvalue weighted by Gasteiger charge is 2.26. The van der Waals surface area contributed by atoms with Gasteiger partial charge in [-0.2, -0.15) is 0 Å². The van der Waals surface area contributed by atoms with Crippen molar-refractivity contribution < 1.29 is 13.2 Å². The van der Waals surface area contributed by atoms with Crippen LogP contribution in [0.2, 0.25) is 0 Å². The van der Waals surface area contributed by atoms with Crippen LogP contribution in [0.5, 0.6) is 0 Å². The molecule has 0 aromatic carbocycles. The van der Waals surface area contributed by atoms with Gasteiger partial charge in [0.15, 0.2) is 9.84 Å². The largest absolute Gasteiger partial charge is 0.380 e. The van der Waals surface area contributed by atoms with Crippen LogP contribution in [0.15, 0.2) is 0 Å². The minimum Gasteiger partial charge on any atom is -0.380 e. The van der Waals surface area contributed by atoms with Crippen LogP contribution in [-0.2, 0) is 14.6 Å². The van der Waals surface area contributed by atoms with Gasteiger partial charge < -0.3 is 15.0 Å². The molecule has 0 aromatic rings. The molecule has 1 fully saturated rings. The monoisotopic (exact) mass is 264 g/mol. The highest BCUT2D eigenvalue weighted by atomic mass is 32.2. The van der Waals surface area contributed by atoms with E-state index in [2.05, 4.69) is 10.2 Å². The standard InChI is InChI=1S/C11H24N2O3S/c1-3-16-8-7-13(2)6-5-12-11-4-9-17(14,15)10-11/h11-12H,3-10H2,1-2H3. The Morgan fingerprint density at radius 3 is 2.76 bits per heavy atom. The van der Waals surface area contributed by atoms with Crippen molar-refractivity contribution >= 4 is 9.84 Å². The summed E-state index contributed by atoms with van der Waals surface area (Å²) >= 11 is 0. The molecule has 6 heteroatoms. The zero-order valence-electron chi connectivity index (χ0n) is 10.8. The summed E-state index contributed by atoms with van der Waals surface area (Å²) in [7, 11) is -0.712. The maximum Gasteiger partial charge on any atom is 0.151 e. The summed E-state index contributed by atoms with van der Waals surface area (Å²) in [5.41, 5.74) is 0. The molecule has 0 spiro atoms. The van der Waals surface area contributed by atoms with Crippen molar-refractivity contribution in [3.05, 3.63) is 0 Å². The lowest BCUT2D eigenvalue weighted by Crippen LogP contribution is -2.37. The van der Waals surface area contributed by atoms with E-state index in [4.69, 9.17) is 4.74 Å². The fraction of sp³-hybridized carbons (Fsp3) is 1.00. The molecule has 102 valence electrons. The Bertz CT molecular complexity index is 306. The summed E-state index contributed by atoms with van der Waals surface area (Å²) in [6.07, 6.45) is 0.755. The Hall–Kier alpha value is -0.170. The third-order valence-corrected chi connectivity index (χ3v) is 4.75. The lowest BCUT2D eigenvalue weighted by molar-refractivity contribution is 0.122. The van der Waals surface area contributed by atoms with Gasteiger partial charge in [-0.25, -0.2) is 8.42 Å². The van der Waals surface area contributed by atoms with Gasteiger partial charge in [0.2, 0.25) is 0 Å². The van der Waals surface area contributed by atoms with E-state index in [0.717, 1.165) is 39.3 Å². The third kappa shape index (κ3) is 6.35. The first-order valence-corrected chi connectivity index (χ1v) is 8.05. The molecule has 1 unspecified atom stereocenters. The van der Waals surface area contributed by atoms with E-state index < -0.39 is 9.84 Å². The molecule has 0 amide bonds. The smallest absolute Gasteiger partial charge is 0.151 e. The molecule has 0 radical (unpaired) electrons. The average molecular weight is 264 g/mol. The van der Waals surface area contributed by atoms with Crippen LogP contribution in [0.4, 0.5) is 0 Å². The minimum atomic E-state index is -2.76. The van der Waals surface area contributed by atoms with Gasteiger partial charge in [0.05, 0.1) is 18.1 Å². The fourth-order valence-corrected chi connectivity index (χ4v) is 3.60. The van der Waals surface area contributed by atoms with Crippen LogP contribution in [0.25, 0.3) is 0 Å². The predicted octanol–water partition coefficient (Wildman–Crippen LogP) is -0.269. The van der Waals surface area contributed by atoms with Crippen molar-refractivity contribution in [2.75, 3.05) is 51.4 Å². The molecule has 1 rings (SSSR count). The van der Waals surface area contributed by atoms with Crippen molar-refractivity contribution in [2.45, 2.75) is 19.4 Å². The molecule has 0 aromatic heterocycles. The Morgan fingerprint density at radius 1 is 1.41 bits per heavy atom. The first kappa shape index (κ1) is 14.9. The van der Waals surface area contributed by atoms with Crippen LogP contribution in [0, 0.1) is 0 Å². The van der Waals surface area contributed by atoms with Crippen LogP contribution in [0.3, 0.4) is 0 Å². The number of sulfone groups is 1. The molecule has 0 aliphatic carbocycles. The summed E-state index contributed by atoms with van der Waals surface area (Å²) in [4.78, 5) is 2.19. The SMILES string of the molecule is CCOCCN(C)CCNC1CCS(=O)(=O)C1. The molecule has 17 heavy (non-hydrogen) atoms. The van der Waals surface area contributed by atoms with Crippen LogP contribution >= 0.6 is 0 Å². The second kappa shape index (κ2) is 7.31. The van der Waals surface area contributed by atoms with Crippen molar-refractivity contribution in [1.29, 1.82) is 0 Å². The van der Waals surface area contributed by atoms with Crippen molar-refractivity contribution in [1.82, 2.24) is 10.2 Å². The summed E-state index contributed by atoms with van der Waals surface area (Å²) in [6, 6.07) is 0.153. The van der Waals surface area contributed by atoms with Gasteiger partial charge >= 0.3 is 0 Å². The lowest BCUT2D eigenvalue weighted by atomic mass is 10.2. The van der Waals surface area contributed by atoms with Gasteiger partial charge in [-0.05, 0) is 20.4 Å². The Kier molecular flexibility index (Phi) is 6.40. The number of hydrogen-bond acceptors (Lipinski definition) is 5. The number of rotatable bonds is 8. The number of hydrogen-bond donors (Lipinski definition) is 1. The molecule has 0 saturated carbocycles. The minimum absolute atomic E-state index is 0.153. The highest BCUT2D eigenvalue weighted by Crippen LogP contribution is 2.10. The van der Waals surface area contributed by atoms with Crippen LogP contribution in [0.1, 0.15) is 13.3 Å². The van der Waals surface area contributed by atoms with Crippen molar-refractivity contribution in [2.24, 2.45) is 0 Å². The summed E-state index contributed by atoms with van der Waals surface area (Å²) < 4.78 is 27.8. The first-order chi connectivity index (χ1) is 8.03. The molecule has 5 nitrogen and oxygen atoms in total. The number of nitrogens with zero attached hydrogens (tertiary/aromatic N) is 1. The first-order valence-electron chi connectivity index (χ1n) is 6.23. The maximum absolute atomic E-state index is 11.2. The molecule has 1 saturated heterocycles. The molecule has 1 N–H and O–H groups in total. The van der Waals surface area contributed by atoms with Crippen molar-refractivity contribution in [3.8, 4) is 0 Å². The fourth-order valence-electron chi connectivity index (χ4n) is 1.89. The van der Waals surface area contributed by atoms with Gasteiger partial charge in [0.25, 0.3) is 0 Å². The normalized spacial score (nSPS) is 23.4. The van der Waals surface area contributed by atoms with Gasteiger partial charge in [-0.15, -0.1) is 0 Å². The van der Waals surface area contributed by atoms with Gasteiger partial charge in [0.1, 0.15) is 0 Å². The van der Waals surface area contributed by atoms with Crippen LogP contribution in [-0.4, -0.2) is 70.8 Å². The van der Waals surface area contributed by atoms with Crippen LogP contribution < -0.4 is 5.32 Å². The molecule has 1 atom stereocenters. The zero-order valence-corrected chi connectivity index (χ0v) is 11.6. The Labute approximate surface area is 104 Å². The predicted molar refractivity (Wildman–Crippen MR) is 69.1 cm³/mol. The van der Waals surface area contributed by atoms with E-state index >= 15 is 0 Å². The van der Waals surface area contributed by atoms with E-state index in [1.165, 1.54) is 0 Å². The summed E-state index contributed by atoms with van der Waals surface area (Å²) in [5, 5.41) is 3.30. The number of ether oxygens (including phenoxy) is 1. The molecular weight excluding hydrogens is 240 g/mol. The Morgan fingerprint density at radius 2 is 2.18 bits per heavy atom. The molecule has 1 aliphatic heterocycles. The summed E-state index contributed by atoms with van der Waals surface area (Å²) in [6.45, 7) is 6.17. The van der Waals surface area contributed by atoms with Gasteiger partial charge in [-0.1, -0.05) is 0 Å². The number of likely N-dealkylation sites (N-methyl/N-ethyl adjacent to an activating group) is 1. The molecular formula is C11H24N2O3S. The van der Waals surface area contributed by atoms with E-state index in [1.807, 2.05) is 14.0 Å². The molecule has 1 heterocycles. The third-order valence-electron chi connectivity index (χ3n) is 2.98. The lowest BCUT2D eigenvalue weighted by Gasteiger charge is -2.18. The summed E-state index contributed by atoms with van der Waals surface area (Å²) in [5.74, 6) is 0.639. The second-order valence-corrected chi connectivity index (χ2v) is 6.78. The second-order valence-electron chi connectivity index (χ2n) is 4.55. The Balaban J connectivity index is 2.04. The van der Waals surface area contributed by atoms with E-state index in [1.54, 1.807) is 0 Å². The van der Waals surface area contributed by atoms with Crippen molar-refractivity contribution in [3.63, 3.8) is 0 Å². The molecule has 1 aliphatic rings. The van der Waals surface area contributed by atoms with Gasteiger partial charge in [-0.3, -0.25) is 0 Å².